The number of hydrogen-bond acceptors (Lipinski definition) is 11. The van der Waals surface area contributed by atoms with Crippen molar-refractivity contribution in [3.8, 4) is 0 Å². The van der Waals surface area contributed by atoms with Crippen LogP contribution in [0.25, 0.3) is 0 Å². The molecule has 11 nitrogen and oxygen atoms in total. The zero-order chi connectivity index (χ0) is 22.1. The maximum atomic E-state index is 10.8. The third-order valence-corrected chi connectivity index (χ3v) is 6.54. The Morgan fingerprint density at radius 1 is 0.833 bits per heavy atom. The highest BCUT2D eigenvalue weighted by molar-refractivity contribution is 5.25. The van der Waals surface area contributed by atoms with E-state index in [0.29, 0.717) is 0 Å². The van der Waals surface area contributed by atoms with Crippen molar-refractivity contribution >= 4 is 0 Å². The molecule has 3 aliphatic rings. The molecule has 30 heavy (non-hydrogen) atoms. The number of methoxy groups -OCH3 is 7. The highest BCUT2D eigenvalue weighted by Crippen LogP contribution is 2.56. The van der Waals surface area contributed by atoms with E-state index in [-0.39, 0.29) is 6.61 Å². The number of fused-ring (bicyclic) bond motifs is 4. The summed E-state index contributed by atoms with van der Waals surface area (Å²) in [5.74, 6) is 0. The van der Waals surface area contributed by atoms with Gasteiger partial charge in [0, 0.05) is 49.8 Å². The van der Waals surface area contributed by atoms with Gasteiger partial charge in [-0.25, -0.2) is 0 Å². The van der Waals surface area contributed by atoms with Crippen LogP contribution in [-0.4, -0.2) is 128 Å². The van der Waals surface area contributed by atoms with E-state index in [9.17, 15) is 5.11 Å². The fourth-order valence-corrected chi connectivity index (χ4v) is 5.27. The Labute approximate surface area is 176 Å². The molecule has 0 aromatic rings. The number of hydrogen-bond donors (Lipinski definition) is 1. The van der Waals surface area contributed by atoms with Gasteiger partial charge in [0.15, 0.2) is 23.8 Å². The van der Waals surface area contributed by atoms with Crippen molar-refractivity contribution in [2.24, 2.45) is 0 Å². The lowest BCUT2D eigenvalue weighted by Crippen LogP contribution is -2.82. The van der Waals surface area contributed by atoms with Crippen LogP contribution in [0.1, 0.15) is 0 Å². The van der Waals surface area contributed by atoms with E-state index in [2.05, 4.69) is 0 Å². The Kier molecular flexibility index (Phi) is 7.74. The topological polar surface area (TPSA) is 113 Å². The van der Waals surface area contributed by atoms with Gasteiger partial charge in [-0.1, -0.05) is 0 Å². The van der Waals surface area contributed by atoms with E-state index in [4.69, 9.17) is 47.4 Å². The van der Waals surface area contributed by atoms with Crippen LogP contribution in [0.15, 0.2) is 0 Å². The van der Waals surface area contributed by atoms with Gasteiger partial charge < -0.3 is 52.5 Å². The minimum absolute atomic E-state index is 0.139. The van der Waals surface area contributed by atoms with Gasteiger partial charge in [-0.3, -0.25) is 0 Å². The Hall–Kier alpha value is -0.440. The average Bonchev–Trinajstić information content (AvgIpc) is 3.06. The Morgan fingerprint density at radius 2 is 1.50 bits per heavy atom. The smallest absolute Gasteiger partial charge is 0.188 e. The molecule has 0 aliphatic carbocycles. The molecule has 0 aromatic carbocycles. The number of rotatable bonds is 10. The second kappa shape index (κ2) is 9.59. The summed E-state index contributed by atoms with van der Waals surface area (Å²) in [6, 6.07) is 0. The molecule has 1 N–H and O–H groups in total. The molecule has 176 valence electrons. The highest BCUT2D eigenvalue weighted by atomic mass is 16.8. The standard InChI is InChI=1S/C19H34O11/c1-21-8-10(22-2)19-15(26-6)13(25-5)17(30-19)28-14-11(23-3)12(24-4)16(27-7)29-18(14,19)9-20/h10-17,20H,8-9H2,1-7H3/t10-,11-,12-,13+,14+,15-,16+,17+,18-,19-/m1/s1. The predicted molar refractivity (Wildman–Crippen MR) is 100 cm³/mol. The first-order valence-electron chi connectivity index (χ1n) is 9.77. The summed E-state index contributed by atoms with van der Waals surface area (Å²) in [4.78, 5) is 0. The zero-order valence-electron chi connectivity index (χ0n) is 18.6. The highest BCUT2D eigenvalue weighted by Gasteiger charge is 2.80. The summed E-state index contributed by atoms with van der Waals surface area (Å²) < 4.78 is 58.8. The molecule has 0 aromatic heterocycles. The first kappa shape index (κ1) is 24.2. The van der Waals surface area contributed by atoms with Crippen LogP contribution in [0.4, 0.5) is 0 Å². The van der Waals surface area contributed by atoms with Crippen molar-refractivity contribution in [1.82, 2.24) is 0 Å². The molecule has 2 bridgehead atoms. The summed E-state index contributed by atoms with van der Waals surface area (Å²) in [7, 11) is 10.7. The predicted octanol–water partition coefficient (Wildman–Crippen LogP) is -1.06. The van der Waals surface area contributed by atoms with Crippen LogP contribution in [0.2, 0.25) is 0 Å². The molecular formula is C19H34O11. The van der Waals surface area contributed by atoms with E-state index in [1.807, 2.05) is 0 Å². The molecule has 0 saturated carbocycles. The van der Waals surface area contributed by atoms with Gasteiger partial charge in [0.05, 0.1) is 13.2 Å². The van der Waals surface area contributed by atoms with Crippen LogP contribution < -0.4 is 0 Å². The SMILES string of the molecule is COC[C@@H](OC)[C@]12O[C@H](O[C@H]3[C@H](OC)[C@@H](OC)[C@@H](OC)O[C@]31CO)[C@@H](OC)[C@H]2OC. The van der Waals surface area contributed by atoms with Crippen LogP contribution in [-0.2, 0) is 47.4 Å². The Balaban J connectivity index is 2.23. The fraction of sp³-hybridized carbons (Fsp3) is 1.00. The third kappa shape index (κ3) is 3.15. The molecule has 3 rings (SSSR count). The fourth-order valence-electron chi connectivity index (χ4n) is 5.27. The van der Waals surface area contributed by atoms with Crippen LogP contribution in [0.3, 0.4) is 0 Å². The number of aliphatic hydroxyl groups is 1. The van der Waals surface area contributed by atoms with E-state index in [1.54, 1.807) is 7.11 Å². The van der Waals surface area contributed by atoms with E-state index < -0.39 is 67.0 Å². The lowest BCUT2D eigenvalue weighted by Gasteiger charge is -2.61. The molecule has 3 saturated heterocycles. The molecule has 10 atom stereocenters. The molecule has 0 unspecified atom stereocenters. The molecular weight excluding hydrogens is 404 g/mol. The van der Waals surface area contributed by atoms with Crippen molar-refractivity contribution in [2.75, 3.05) is 63.0 Å². The van der Waals surface area contributed by atoms with Gasteiger partial charge in [0.2, 0.25) is 0 Å². The minimum Gasteiger partial charge on any atom is -0.393 e. The molecule has 3 fully saturated rings. The van der Waals surface area contributed by atoms with Gasteiger partial charge >= 0.3 is 0 Å². The van der Waals surface area contributed by atoms with Crippen molar-refractivity contribution in [2.45, 2.75) is 60.4 Å². The van der Waals surface area contributed by atoms with Gasteiger partial charge in [0.25, 0.3) is 0 Å². The molecule has 0 amide bonds. The summed E-state index contributed by atoms with van der Waals surface area (Å²) in [5, 5.41) is 10.8. The van der Waals surface area contributed by atoms with Crippen LogP contribution in [0, 0.1) is 0 Å². The molecule has 0 radical (unpaired) electrons. The maximum absolute atomic E-state index is 10.8. The number of aliphatic hydroxyl groups excluding tert-OH is 1. The molecule has 3 heterocycles. The second-order valence-electron chi connectivity index (χ2n) is 7.54. The number of ether oxygens (including phenoxy) is 10. The first-order valence-corrected chi connectivity index (χ1v) is 9.77. The Morgan fingerprint density at radius 3 is 1.97 bits per heavy atom. The van der Waals surface area contributed by atoms with E-state index in [1.165, 1.54) is 42.7 Å². The van der Waals surface area contributed by atoms with Gasteiger partial charge in [-0.15, -0.1) is 0 Å². The van der Waals surface area contributed by atoms with Gasteiger partial charge in [0.1, 0.15) is 36.6 Å². The van der Waals surface area contributed by atoms with Crippen molar-refractivity contribution in [3.63, 3.8) is 0 Å². The summed E-state index contributed by atoms with van der Waals surface area (Å²) in [6.07, 6.45) is -5.84. The van der Waals surface area contributed by atoms with E-state index in [0.717, 1.165) is 0 Å². The Bertz CT molecular complexity index is 565. The first-order chi connectivity index (χ1) is 14.5. The third-order valence-electron chi connectivity index (χ3n) is 6.54. The maximum Gasteiger partial charge on any atom is 0.188 e. The van der Waals surface area contributed by atoms with E-state index >= 15 is 0 Å². The largest absolute Gasteiger partial charge is 0.393 e. The molecule has 11 heteroatoms. The van der Waals surface area contributed by atoms with Crippen molar-refractivity contribution < 1.29 is 52.5 Å². The summed E-state index contributed by atoms with van der Waals surface area (Å²) in [5.41, 5.74) is -2.88. The molecule has 0 spiro atoms. The minimum atomic E-state index is -1.51. The molecule has 3 aliphatic heterocycles. The van der Waals surface area contributed by atoms with Gasteiger partial charge in [-0.05, 0) is 0 Å². The normalized spacial score (nSPS) is 46.6. The second-order valence-corrected chi connectivity index (χ2v) is 7.54. The summed E-state index contributed by atoms with van der Waals surface area (Å²) in [6.45, 7) is -0.360. The average molecular weight is 438 g/mol. The van der Waals surface area contributed by atoms with Crippen LogP contribution in [0.5, 0.6) is 0 Å². The van der Waals surface area contributed by atoms with Crippen LogP contribution >= 0.6 is 0 Å². The van der Waals surface area contributed by atoms with Gasteiger partial charge in [-0.2, -0.15) is 0 Å². The summed E-state index contributed by atoms with van der Waals surface area (Å²) >= 11 is 0. The quantitative estimate of drug-likeness (QED) is 0.450. The lowest BCUT2D eigenvalue weighted by atomic mass is 9.68. The lowest BCUT2D eigenvalue weighted by molar-refractivity contribution is -0.444. The zero-order valence-corrected chi connectivity index (χ0v) is 18.6. The van der Waals surface area contributed by atoms with Crippen molar-refractivity contribution in [3.05, 3.63) is 0 Å². The van der Waals surface area contributed by atoms with Crippen molar-refractivity contribution in [1.29, 1.82) is 0 Å². The monoisotopic (exact) mass is 438 g/mol.